The highest BCUT2D eigenvalue weighted by Crippen LogP contribution is 2.34. The van der Waals surface area contributed by atoms with Crippen LogP contribution in [0.1, 0.15) is 66.0 Å². The molecule has 1 saturated carbocycles. The van der Waals surface area contributed by atoms with Crippen LogP contribution in [0.4, 0.5) is 0 Å². The van der Waals surface area contributed by atoms with Gasteiger partial charge in [-0.25, -0.2) is 4.79 Å². The molecule has 8 nitrogen and oxygen atoms in total. The summed E-state index contributed by atoms with van der Waals surface area (Å²) in [4.78, 5) is 28.6. The van der Waals surface area contributed by atoms with Crippen molar-refractivity contribution in [3.05, 3.63) is 47.0 Å². The first-order valence-corrected chi connectivity index (χ1v) is 11.6. The van der Waals surface area contributed by atoms with Gasteiger partial charge in [0.05, 0.1) is 6.10 Å². The van der Waals surface area contributed by atoms with Crippen LogP contribution < -0.4 is 5.32 Å². The summed E-state index contributed by atoms with van der Waals surface area (Å²) in [5.74, 6) is -0.873. The van der Waals surface area contributed by atoms with Gasteiger partial charge in [-0.1, -0.05) is 6.07 Å². The fraction of sp³-hybridized carbons (Fsp3) is 0.583. The number of amides is 1. The lowest BCUT2D eigenvalue weighted by Crippen LogP contribution is -2.42. The van der Waals surface area contributed by atoms with E-state index in [0.29, 0.717) is 18.2 Å². The summed E-state index contributed by atoms with van der Waals surface area (Å²) in [5, 5.41) is 15.9. The Bertz CT molecular complexity index is 951. The molecule has 1 atom stereocenters. The van der Waals surface area contributed by atoms with Crippen LogP contribution >= 0.6 is 0 Å². The van der Waals surface area contributed by atoms with Crippen molar-refractivity contribution in [2.45, 2.75) is 69.9 Å². The molecule has 8 heteroatoms. The minimum atomic E-state index is -1.06. The molecule has 2 N–H and O–H groups in total. The van der Waals surface area contributed by atoms with E-state index in [1.807, 2.05) is 0 Å². The van der Waals surface area contributed by atoms with Gasteiger partial charge in [0.25, 0.3) is 5.91 Å². The molecule has 2 aliphatic rings. The number of hydrogen-bond acceptors (Lipinski definition) is 5. The number of aliphatic carboxylic acids is 1. The van der Waals surface area contributed by atoms with Crippen LogP contribution in [0.25, 0.3) is 0 Å². The number of aryl methyl sites for hydroxylation is 4. The summed E-state index contributed by atoms with van der Waals surface area (Å²) in [6.45, 7) is 0.312. The zero-order valence-electron chi connectivity index (χ0n) is 18.6. The van der Waals surface area contributed by atoms with Crippen molar-refractivity contribution in [1.29, 1.82) is 0 Å². The Labute approximate surface area is 188 Å². The predicted molar refractivity (Wildman–Crippen MR) is 118 cm³/mol. The summed E-state index contributed by atoms with van der Waals surface area (Å²) < 4.78 is 7.28. The van der Waals surface area contributed by atoms with Crippen molar-refractivity contribution in [2.75, 3.05) is 6.61 Å². The molecule has 32 heavy (non-hydrogen) atoms. The first-order chi connectivity index (χ1) is 15.5. The molecule has 0 aliphatic heterocycles. The fourth-order valence-electron chi connectivity index (χ4n) is 4.60. The van der Waals surface area contributed by atoms with Crippen molar-refractivity contribution in [3.8, 4) is 0 Å². The highest BCUT2D eigenvalue weighted by Gasteiger charge is 2.30. The molecule has 0 aromatic carbocycles. The van der Waals surface area contributed by atoms with Crippen LogP contribution in [-0.4, -0.2) is 50.5 Å². The van der Waals surface area contributed by atoms with E-state index in [0.717, 1.165) is 32.1 Å². The smallest absolute Gasteiger partial charge is 0.326 e. The SMILES string of the molecule is Cn1nccc1C(=O)N[C@@H](CCOC1CC(CCc2ccc3c(n2)CCCC3)C1)C(=O)O. The van der Waals surface area contributed by atoms with Crippen molar-refractivity contribution < 1.29 is 19.4 Å². The molecule has 4 rings (SSSR count). The van der Waals surface area contributed by atoms with Crippen LogP contribution in [0.5, 0.6) is 0 Å². The maximum atomic E-state index is 12.2. The summed E-state index contributed by atoms with van der Waals surface area (Å²) in [6, 6.07) is 5.01. The number of rotatable bonds is 10. The molecule has 0 radical (unpaired) electrons. The van der Waals surface area contributed by atoms with E-state index in [4.69, 9.17) is 9.72 Å². The first-order valence-electron chi connectivity index (χ1n) is 11.6. The Kier molecular flexibility index (Phi) is 7.19. The van der Waals surface area contributed by atoms with Crippen LogP contribution in [0.15, 0.2) is 24.4 Å². The molecule has 2 aromatic rings. The quantitative estimate of drug-likeness (QED) is 0.588. The lowest BCUT2D eigenvalue weighted by Gasteiger charge is -2.35. The van der Waals surface area contributed by atoms with E-state index in [2.05, 4.69) is 22.5 Å². The average Bonchev–Trinajstić information content (AvgIpc) is 3.19. The zero-order valence-corrected chi connectivity index (χ0v) is 18.6. The van der Waals surface area contributed by atoms with E-state index >= 15 is 0 Å². The fourth-order valence-corrected chi connectivity index (χ4v) is 4.60. The number of carbonyl (C=O) groups is 2. The van der Waals surface area contributed by atoms with Crippen molar-refractivity contribution in [2.24, 2.45) is 13.0 Å². The molecule has 2 aromatic heterocycles. The second-order valence-corrected chi connectivity index (χ2v) is 8.98. The van der Waals surface area contributed by atoms with Gasteiger partial charge in [-0.3, -0.25) is 14.5 Å². The number of ether oxygens (including phenoxy) is 1. The lowest BCUT2D eigenvalue weighted by atomic mass is 9.79. The highest BCUT2D eigenvalue weighted by molar-refractivity contribution is 5.95. The van der Waals surface area contributed by atoms with Gasteiger partial charge in [0.1, 0.15) is 11.7 Å². The minimum Gasteiger partial charge on any atom is -0.480 e. The van der Waals surface area contributed by atoms with Crippen LogP contribution in [0, 0.1) is 5.92 Å². The largest absolute Gasteiger partial charge is 0.480 e. The van der Waals surface area contributed by atoms with Gasteiger partial charge in [-0.15, -0.1) is 0 Å². The predicted octanol–water partition coefficient (Wildman–Crippen LogP) is 2.70. The third-order valence-corrected chi connectivity index (χ3v) is 6.65. The van der Waals surface area contributed by atoms with Gasteiger partial charge < -0.3 is 15.2 Å². The Hall–Kier alpha value is -2.74. The summed E-state index contributed by atoms with van der Waals surface area (Å²) in [7, 11) is 1.64. The number of nitrogens with zero attached hydrogens (tertiary/aromatic N) is 3. The van der Waals surface area contributed by atoms with E-state index in [9.17, 15) is 14.7 Å². The molecule has 0 saturated heterocycles. The summed E-state index contributed by atoms with van der Waals surface area (Å²) in [6.07, 6.45) is 10.9. The number of aromatic nitrogens is 3. The average molecular weight is 441 g/mol. The Balaban J connectivity index is 1.14. The summed E-state index contributed by atoms with van der Waals surface area (Å²) in [5.41, 5.74) is 4.25. The van der Waals surface area contributed by atoms with Gasteiger partial charge in [-0.2, -0.15) is 5.10 Å². The summed E-state index contributed by atoms with van der Waals surface area (Å²) >= 11 is 0. The number of hydrogen-bond donors (Lipinski definition) is 2. The zero-order chi connectivity index (χ0) is 22.5. The van der Waals surface area contributed by atoms with E-state index < -0.39 is 17.9 Å². The number of pyridine rings is 1. The van der Waals surface area contributed by atoms with Crippen LogP contribution in [-0.2, 0) is 35.8 Å². The van der Waals surface area contributed by atoms with Gasteiger partial charge in [0.2, 0.25) is 0 Å². The lowest BCUT2D eigenvalue weighted by molar-refractivity contribution is -0.140. The van der Waals surface area contributed by atoms with Crippen molar-refractivity contribution in [1.82, 2.24) is 20.1 Å². The molecule has 0 spiro atoms. The number of carboxylic acid groups (broad SMARTS) is 1. The van der Waals surface area contributed by atoms with Crippen LogP contribution in [0.2, 0.25) is 0 Å². The molecule has 0 unspecified atom stereocenters. The van der Waals surface area contributed by atoms with Crippen LogP contribution in [0.3, 0.4) is 0 Å². The molecule has 2 aliphatic carbocycles. The minimum absolute atomic E-state index is 0.179. The Morgan fingerprint density at radius 2 is 2.06 bits per heavy atom. The Morgan fingerprint density at radius 3 is 2.81 bits per heavy atom. The number of fused-ring (bicyclic) bond motifs is 1. The normalized spacial score (nSPS) is 20.8. The first kappa shape index (κ1) is 22.5. The highest BCUT2D eigenvalue weighted by atomic mass is 16.5. The third-order valence-electron chi connectivity index (χ3n) is 6.65. The second kappa shape index (κ2) is 10.3. The molecule has 0 bridgehead atoms. The van der Waals surface area contributed by atoms with E-state index in [1.165, 1.54) is 47.1 Å². The Morgan fingerprint density at radius 1 is 1.25 bits per heavy atom. The molecule has 172 valence electrons. The van der Waals surface area contributed by atoms with E-state index in [1.54, 1.807) is 13.1 Å². The van der Waals surface area contributed by atoms with Crippen molar-refractivity contribution in [3.63, 3.8) is 0 Å². The number of nitrogens with one attached hydrogen (secondary N) is 1. The maximum Gasteiger partial charge on any atom is 0.326 e. The molecular formula is C24H32N4O4. The maximum absolute atomic E-state index is 12.2. The van der Waals surface area contributed by atoms with Gasteiger partial charge >= 0.3 is 5.97 Å². The third kappa shape index (κ3) is 5.54. The molecule has 1 amide bonds. The second-order valence-electron chi connectivity index (χ2n) is 8.98. The molecule has 1 fully saturated rings. The number of carbonyl (C=O) groups excluding carboxylic acids is 1. The monoisotopic (exact) mass is 440 g/mol. The molecule has 2 heterocycles. The standard InChI is InChI=1S/C24H32N4O4/c1-28-22(10-12-25-28)23(29)27-21(24(30)31)11-13-32-19-14-16(15-19)6-8-18-9-7-17-4-2-3-5-20(17)26-18/h7,9-10,12,16,19,21H,2-6,8,11,13-15H2,1H3,(H,27,29)(H,30,31)/t16?,19?,21-/m0/s1. The number of carboxylic acids is 1. The van der Waals surface area contributed by atoms with Crippen molar-refractivity contribution >= 4 is 11.9 Å². The van der Waals surface area contributed by atoms with Gasteiger partial charge in [0.15, 0.2) is 0 Å². The van der Waals surface area contributed by atoms with E-state index in [-0.39, 0.29) is 12.5 Å². The van der Waals surface area contributed by atoms with Gasteiger partial charge in [0, 0.05) is 37.7 Å². The molecular weight excluding hydrogens is 408 g/mol. The topological polar surface area (TPSA) is 106 Å². The van der Waals surface area contributed by atoms with Gasteiger partial charge in [-0.05, 0) is 75.0 Å².